The number of aromatic nitrogens is 2. The van der Waals surface area contributed by atoms with Crippen LogP contribution in [0.15, 0.2) is 78.3 Å². The van der Waals surface area contributed by atoms with Crippen LogP contribution >= 0.6 is 11.3 Å². The van der Waals surface area contributed by atoms with E-state index in [1.165, 1.54) is 35.7 Å². The van der Waals surface area contributed by atoms with E-state index in [0.29, 0.717) is 18.5 Å². The molecular formula is C33H34F3N5O3S. The van der Waals surface area contributed by atoms with Crippen LogP contribution in [0, 0.1) is 6.92 Å². The monoisotopic (exact) mass is 637 g/mol. The molecule has 1 fully saturated rings. The molecule has 5 rings (SSSR count). The minimum Gasteiger partial charge on any atom is -0.390 e. The van der Waals surface area contributed by atoms with Crippen molar-refractivity contribution >= 4 is 23.2 Å². The van der Waals surface area contributed by atoms with Gasteiger partial charge in [0, 0.05) is 42.5 Å². The minimum atomic E-state index is -4.45. The zero-order valence-corrected chi connectivity index (χ0v) is 25.4. The SMILES string of the molecule is Cc1csc(C2CCCN2C(=O)c2cc(C(=O)N[C@@H](Cc3ccccc3)[C@H](O)CNCc3cccc(C(F)(F)F)c3)ccn2)n1. The van der Waals surface area contributed by atoms with Gasteiger partial charge in [0.15, 0.2) is 0 Å². The Morgan fingerprint density at radius 3 is 2.60 bits per heavy atom. The Labute approximate surface area is 263 Å². The molecule has 236 valence electrons. The van der Waals surface area contributed by atoms with Gasteiger partial charge in [0.25, 0.3) is 11.8 Å². The van der Waals surface area contributed by atoms with E-state index < -0.39 is 29.8 Å². The highest BCUT2D eigenvalue weighted by Gasteiger charge is 2.34. The highest BCUT2D eigenvalue weighted by Crippen LogP contribution is 2.34. The van der Waals surface area contributed by atoms with E-state index in [0.717, 1.165) is 41.2 Å². The lowest BCUT2D eigenvalue weighted by Gasteiger charge is -2.25. The molecule has 2 amide bonds. The van der Waals surface area contributed by atoms with Crippen LogP contribution in [-0.4, -0.2) is 57.0 Å². The van der Waals surface area contributed by atoms with E-state index in [2.05, 4.69) is 20.6 Å². The van der Waals surface area contributed by atoms with Crippen molar-refractivity contribution in [3.8, 4) is 0 Å². The number of nitrogens with one attached hydrogen (secondary N) is 2. The molecule has 8 nitrogen and oxygen atoms in total. The predicted molar refractivity (Wildman–Crippen MR) is 165 cm³/mol. The van der Waals surface area contributed by atoms with E-state index >= 15 is 0 Å². The second kappa shape index (κ2) is 14.3. The van der Waals surface area contributed by atoms with E-state index in [1.54, 1.807) is 11.0 Å². The average molecular weight is 638 g/mol. The molecule has 0 radical (unpaired) electrons. The number of thiazole rings is 1. The van der Waals surface area contributed by atoms with Gasteiger partial charge in [-0.1, -0.05) is 48.5 Å². The Morgan fingerprint density at radius 1 is 1.09 bits per heavy atom. The first-order chi connectivity index (χ1) is 21.6. The number of benzene rings is 2. The number of likely N-dealkylation sites (tertiary alicyclic amines) is 1. The van der Waals surface area contributed by atoms with E-state index in [9.17, 15) is 27.9 Å². The van der Waals surface area contributed by atoms with Gasteiger partial charge in [-0.15, -0.1) is 11.3 Å². The summed E-state index contributed by atoms with van der Waals surface area (Å²) in [5.41, 5.74) is 1.82. The van der Waals surface area contributed by atoms with Crippen LogP contribution in [0.2, 0.25) is 0 Å². The third-order valence-electron chi connectivity index (χ3n) is 7.69. The van der Waals surface area contributed by atoms with E-state index in [-0.39, 0.29) is 36.3 Å². The zero-order valence-electron chi connectivity index (χ0n) is 24.6. The molecule has 0 spiro atoms. The lowest BCUT2D eigenvalue weighted by Crippen LogP contribution is -2.48. The van der Waals surface area contributed by atoms with Crippen LogP contribution in [0.3, 0.4) is 0 Å². The van der Waals surface area contributed by atoms with Crippen molar-refractivity contribution in [3.05, 3.63) is 117 Å². The Bertz CT molecular complexity index is 1610. The summed E-state index contributed by atoms with van der Waals surface area (Å²) in [5, 5.41) is 19.9. The number of hydrogen-bond donors (Lipinski definition) is 3. The molecule has 0 aliphatic carbocycles. The van der Waals surface area contributed by atoms with Crippen LogP contribution in [-0.2, 0) is 19.1 Å². The third-order valence-corrected chi connectivity index (χ3v) is 8.76. The fourth-order valence-corrected chi connectivity index (χ4v) is 6.34. The zero-order chi connectivity index (χ0) is 32.0. The molecule has 1 unspecified atom stereocenters. The number of carbonyl (C=O) groups excluding carboxylic acids is 2. The number of pyridine rings is 1. The number of hydrogen-bond acceptors (Lipinski definition) is 7. The highest BCUT2D eigenvalue weighted by molar-refractivity contribution is 7.09. The van der Waals surface area contributed by atoms with Crippen LogP contribution < -0.4 is 10.6 Å². The maximum absolute atomic E-state index is 13.5. The van der Waals surface area contributed by atoms with Gasteiger partial charge in [0.05, 0.1) is 23.8 Å². The average Bonchev–Trinajstić information content (AvgIpc) is 3.70. The molecule has 12 heteroatoms. The van der Waals surface area contributed by atoms with Gasteiger partial charge in [-0.05, 0) is 55.5 Å². The molecule has 2 aromatic carbocycles. The topological polar surface area (TPSA) is 107 Å². The molecule has 1 saturated heterocycles. The molecule has 3 heterocycles. The molecule has 1 aliphatic heterocycles. The van der Waals surface area contributed by atoms with Crippen molar-refractivity contribution in [2.75, 3.05) is 13.1 Å². The number of aliphatic hydroxyl groups excluding tert-OH is 1. The Balaban J connectivity index is 1.26. The van der Waals surface area contributed by atoms with Gasteiger partial charge < -0.3 is 20.6 Å². The molecule has 0 saturated carbocycles. The number of aryl methyl sites for hydroxylation is 1. The Hall–Kier alpha value is -4.13. The third kappa shape index (κ3) is 8.33. The van der Waals surface area contributed by atoms with Crippen LogP contribution in [0.4, 0.5) is 13.2 Å². The summed E-state index contributed by atoms with van der Waals surface area (Å²) in [4.78, 5) is 37.5. The van der Waals surface area contributed by atoms with Crippen LogP contribution in [0.5, 0.6) is 0 Å². The molecule has 45 heavy (non-hydrogen) atoms. The lowest BCUT2D eigenvalue weighted by molar-refractivity contribution is -0.137. The van der Waals surface area contributed by atoms with Crippen molar-refractivity contribution in [3.63, 3.8) is 0 Å². The second-order valence-electron chi connectivity index (χ2n) is 11.1. The molecule has 3 atom stereocenters. The maximum Gasteiger partial charge on any atom is 0.416 e. The van der Waals surface area contributed by atoms with Crippen molar-refractivity contribution in [2.24, 2.45) is 0 Å². The number of aliphatic hydroxyl groups is 1. The van der Waals surface area contributed by atoms with Gasteiger partial charge >= 0.3 is 6.18 Å². The molecule has 0 bridgehead atoms. The van der Waals surface area contributed by atoms with Crippen molar-refractivity contribution in [2.45, 2.75) is 57.1 Å². The van der Waals surface area contributed by atoms with Crippen LogP contribution in [0.25, 0.3) is 0 Å². The highest BCUT2D eigenvalue weighted by atomic mass is 32.1. The molecule has 4 aromatic rings. The number of carbonyl (C=O) groups is 2. The van der Waals surface area contributed by atoms with Crippen LogP contribution in [0.1, 0.15) is 67.1 Å². The van der Waals surface area contributed by atoms with Gasteiger partial charge in [0.1, 0.15) is 10.7 Å². The number of rotatable bonds is 11. The van der Waals surface area contributed by atoms with Crippen molar-refractivity contribution in [1.29, 1.82) is 0 Å². The summed E-state index contributed by atoms with van der Waals surface area (Å²) in [7, 11) is 0. The Morgan fingerprint density at radius 2 is 1.87 bits per heavy atom. The number of nitrogens with zero attached hydrogens (tertiary/aromatic N) is 3. The molecular weight excluding hydrogens is 603 g/mol. The summed E-state index contributed by atoms with van der Waals surface area (Å²) in [5.74, 6) is -0.766. The van der Waals surface area contributed by atoms with E-state index in [1.807, 2.05) is 42.6 Å². The normalized spacial score (nSPS) is 16.4. The van der Waals surface area contributed by atoms with Gasteiger partial charge in [-0.25, -0.2) is 4.98 Å². The summed E-state index contributed by atoms with van der Waals surface area (Å²) in [6.45, 7) is 2.60. The Kier molecular flexibility index (Phi) is 10.3. The quantitative estimate of drug-likeness (QED) is 0.205. The summed E-state index contributed by atoms with van der Waals surface area (Å²) in [6.07, 6.45) is -2.15. The molecule has 3 N–H and O–H groups in total. The van der Waals surface area contributed by atoms with Gasteiger partial charge in [0.2, 0.25) is 0 Å². The lowest BCUT2D eigenvalue weighted by atomic mass is 10.00. The first-order valence-corrected chi connectivity index (χ1v) is 15.5. The largest absolute Gasteiger partial charge is 0.416 e. The maximum atomic E-state index is 13.5. The first kappa shape index (κ1) is 32.3. The smallest absolute Gasteiger partial charge is 0.390 e. The predicted octanol–water partition coefficient (Wildman–Crippen LogP) is 5.33. The van der Waals surface area contributed by atoms with E-state index in [4.69, 9.17) is 0 Å². The van der Waals surface area contributed by atoms with Crippen molar-refractivity contribution in [1.82, 2.24) is 25.5 Å². The number of halogens is 3. The number of alkyl halides is 3. The first-order valence-electron chi connectivity index (χ1n) is 14.7. The fourth-order valence-electron chi connectivity index (χ4n) is 5.39. The molecule has 1 aliphatic rings. The van der Waals surface area contributed by atoms with Crippen molar-refractivity contribution < 1.29 is 27.9 Å². The second-order valence-corrected chi connectivity index (χ2v) is 12.0. The molecule has 2 aromatic heterocycles. The summed E-state index contributed by atoms with van der Waals surface area (Å²) in [6, 6.07) is 16.4. The van der Waals surface area contributed by atoms with Gasteiger partial charge in [-0.3, -0.25) is 14.6 Å². The summed E-state index contributed by atoms with van der Waals surface area (Å²) < 4.78 is 39.3. The van der Waals surface area contributed by atoms with Gasteiger partial charge in [-0.2, -0.15) is 13.2 Å². The minimum absolute atomic E-state index is 0.0146. The standard InChI is InChI=1S/C33H34F3N5O3S/c1-21-20-45-31(39-21)28-11-6-14-41(28)32(44)27-17-24(12-13-38-27)30(43)40-26(16-22-7-3-2-4-8-22)29(42)19-37-18-23-9-5-10-25(15-23)33(34,35)36/h2-5,7-10,12-13,15,17,20,26,28-29,37,42H,6,11,14,16,18-19H2,1H3,(H,40,43)/t26-,28?,29+/m0/s1. The fraction of sp³-hybridized carbons (Fsp3) is 0.333. The number of amides is 2. The summed E-state index contributed by atoms with van der Waals surface area (Å²) >= 11 is 1.52.